The number of aromatic nitrogens is 1. The summed E-state index contributed by atoms with van der Waals surface area (Å²) in [6.07, 6.45) is 3.28. The van der Waals surface area contributed by atoms with Crippen LogP contribution in [0.1, 0.15) is 37.2 Å². The lowest BCUT2D eigenvalue weighted by molar-refractivity contribution is -0.132. The van der Waals surface area contributed by atoms with E-state index in [4.69, 9.17) is 14.2 Å². The Kier molecular flexibility index (Phi) is 6.92. The van der Waals surface area contributed by atoms with Crippen LogP contribution >= 0.6 is 11.3 Å². The summed E-state index contributed by atoms with van der Waals surface area (Å²) in [4.78, 5) is 34.4. The molecule has 8 nitrogen and oxygen atoms in total. The number of hydrogen-bond donors (Lipinski definition) is 0. The first-order chi connectivity index (χ1) is 18.5. The molecule has 3 fully saturated rings. The SMILES string of the molecule is COc1ccc([C@@H]2CC(=O)N(CC(=O)N(CC3CC3)c3nc4ccc(F)cc4s3)C2)cc1O[C@@H]1CCOC1. The van der Waals surface area contributed by atoms with E-state index in [1.165, 1.54) is 23.5 Å². The Labute approximate surface area is 224 Å². The molecule has 0 bridgehead atoms. The van der Waals surface area contributed by atoms with E-state index in [-0.39, 0.29) is 36.2 Å². The molecule has 0 N–H and O–H groups in total. The molecule has 10 heteroatoms. The van der Waals surface area contributed by atoms with Gasteiger partial charge >= 0.3 is 0 Å². The fourth-order valence-corrected chi connectivity index (χ4v) is 6.09. The molecule has 1 aromatic heterocycles. The molecule has 3 aromatic rings. The highest BCUT2D eigenvalue weighted by Crippen LogP contribution is 2.37. The van der Waals surface area contributed by atoms with Crippen LogP contribution in [0.3, 0.4) is 0 Å². The van der Waals surface area contributed by atoms with E-state index in [0.29, 0.717) is 65.5 Å². The van der Waals surface area contributed by atoms with Crippen molar-refractivity contribution in [3.05, 3.63) is 47.8 Å². The second kappa shape index (κ2) is 10.5. The standard InChI is InChI=1S/C28H30FN3O5S/c1-35-23-7-4-18(10-24(23)37-21-8-9-36-16-21)19-11-26(33)31(14-19)15-27(34)32(13-17-2-3-17)28-30-22-6-5-20(29)12-25(22)38-28/h4-7,10,12,17,19,21H,2-3,8-9,11,13-16H2,1H3/t19-,21-/m1/s1. The van der Waals surface area contributed by atoms with Crippen LogP contribution in [-0.2, 0) is 14.3 Å². The van der Waals surface area contributed by atoms with Crippen molar-refractivity contribution in [1.82, 2.24) is 9.88 Å². The summed E-state index contributed by atoms with van der Waals surface area (Å²) in [7, 11) is 1.61. The average molecular weight is 540 g/mol. The van der Waals surface area contributed by atoms with Gasteiger partial charge in [-0.1, -0.05) is 17.4 Å². The molecule has 3 heterocycles. The van der Waals surface area contributed by atoms with Crippen molar-refractivity contribution < 1.29 is 28.2 Å². The van der Waals surface area contributed by atoms with Gasteiger partial charge in [-0.05, 0) is 54.7 Å². The lowest BCUT2D eigenvalue weighted by Crippen LogP contribution is -2.42. The molecule has 1 aliphatic carbocycles. The van der Waals surface area contributed by atoms with Gasteiger partial charge in [0.2, 0.25) is 11.8 Å². The number of carbonyl (C=O) groups is 2. The maximum absolute atomic E-state index is 13.7. The number of thiazole rings is 1. The Bertz CT molecular complexity index is 1350. The van der Waals surface area contributed by atoms with Crippen molar-refractivity contribution in [2.75, 3.05) is 44.9 Å². The van der Waals surface area contributed by atoms with E-state index in [9.17, 15) is 14.0 Å². The van der Waals surface area contributed by atoms with E-state index in [1.807, 2.05) is 18.2 Å². The number of likely N-dealkylation sites (tertiary alicyclic amines) is 1. The van der Waals surface area contributed by atoms with Crippen LogP contribution in [0.5, 0.6) is 11.5 Å². The smallest absolute Gasteiger partial charge is 0.248 e. The number of rotatable bonds is 9. The number of hydrogen-bond acceptors (Lipinski definition) is 7. The molecule has 0 radical (unpaired) electrons. The third-order valence-electron chi connectivity index (χ3n) is 7.39. The second-order valence-electron chi connectivity index (χ2n) is 10.2. The molecular formula is C28H30FN3O5S. The lowest BCUT2D eigenvalue weighted by atomic mass is 9.98. The number of nitrogens with zero attached hydrogens (tertiary/aromatic N) is 3. The van der Waals surface area contributed by atoms with Crippen LogP contribution in [0.4, 0.5) is 9.52 Å². The molecule has 0 spiro atoms. The minimum atomic E-state index is -0.329. The van der Waals surface area contributed by atoms with Crippen molar-refractivity contribution in [3.8, 4) is 11.5 Å². The molecule has 0 unspecified atom stereocenters. The number of ether oxygens (including phenoxy) is 3. The number of amides is 2. The van der Waals surface area contributed by atoms with Gasteiger partial charge in [0, 0.05) is 31.8 Å². The van der Waals surface area contributed by atoms with Gasteiger partial charge < -0.3 is 19.1 Å². The van der Waals surface area contributed by atoms with Gasteiger partial charge in [-0.15, -0.1) is 0 Å². The number of methoxy groups -OCH3 is 1. The highest BCUT2D eigenvalue weighted by molar-refractivity contribution is 7.22. The molecule has 2 aliphatic heterocycles. The number of anilines is 1. The predicted molar refractivity (Wildman–Crippen MR) is 141 cm³/mol. The summed E-state index contributed by atoms with van der Waals surface area (Å²) in [6, 6.07) is 10.2. The van der Waals surface area contributed by atoms with Gasteiger partial charge in [0.1, 0.15) is 18.5 Å². The van der Waals surface area contributed by atoms with Crippen molar-refractivity contribution in [2.24, 2.45) is 5.92 Å². The molecule has 3 aliphatic rings. The van der Waals surface area contributed by atoms with Crippen LogP contribution in [0.15, 0.2) is 36.4 Å². The third kappa shape index (κ3) is 5.33. The Morgan fingerprint density at radius 3 is 2.84 bits per heavy atom. The molecule has 38 heavy (non-hydrogen) atoms. The normalized spacial score (nSPS) is 21.3. The monoisotopic (exact) mass is 539 g/mol. The summed E-state index contributed by atoms with van der Waals surface area (Å²) in [6.45, 7) is 2.23. The summed E-state index contributed by atoms with van der Waals surface area (Å²) < 4.78 is 31.5. The zero-order chi connectivity index (χ0) is 26.2. The minimum absolute atomic E-state index is 0.00867. The van der Waals surface area contributed by atoms with Crippen molar-refractivity contribution in [1.29, 1.82) is 0 Å². The van der Waals surface area contributed by atoms with Crippen molar-refractivity contribution in [2.45, 2.75) is 37.7 Å². The number of carbonyl (C=O) groups excluding carboxylic acids is 2. The van der Waals surface area contributed by atoms with E-state index in [0.717, 1.165) is 24.8 Å². The van der Waals surface area contributed by atoms with Crippen molar-refractivity contribution in [3.63, 3.8) is 0 Å². The molecule has 6 rings (SSSR count). The first-order valence-electron chi connectivity index (χ1n) is 13.0. The van der Waals surface area contributed by atoms with Gasteiger partial charge in [-0.2, -0.15) is 0 Å². The first kappa shape index (κ1) is 25.1. The van der Waals surface area contributed by atoms with Crippen LogP contribution in [0.25, 0.3) is 10.2 Å². The Morgan fingerprint density at radius 2 is 2.08 bits per heavy atom. The van der Waals surface area contributed by atoms with Gasteiger partial charge in [0.15, 0.2) is 16.6 Å². The van der Waals surface area contributed by atoms with E-state index in [2.05, 4.69) is 4.98 Å². The largest absolute Gasteiger partial charge is 0.493 e. The fraction of sp³-hybridized carbons (Fsp3) is 0.464. The summed E-state index contributed by atoms with van der Waals surface area (Å²) in [5.74, 6) is 1.13. The molecular weight excluding hydrogens is 509 g/mol. The molecule has 2 amide bonds. The second-order valence-corrected chi connectivity index (χ2v) is 11.3. The van der Waals surface area contributed by atoms with Crippen LogP contribution in [0, 0.1) is 11.7 Å². The fourth-order valence-electron chi connectivity index (χ4n) is 5.07. The molecule has 1 saturated carbocycles. The number of benzene rings is 2. The average Bonchev–Trinajstić information content (AvgIpc) is 3.24. The van der Waals surface area contributed by atoms with E-state index >= 15 is 0 Å². The third-order valence-corrected chi connectivity index (χ3v) is 8.43. The summed E-state index contributed by atoms with van der Waals surface area (Å²) in [5, 5.41) is 0.554. The Balaban J connectivity index is 1.17. The summed E-state index contributed by atoms with van der Waals surface area (Å²) in [5.41, 5.74) is 1.64. The van der Waals surface area contributed by atoms with Crippen molar-refractivity contribution >= 4 is 38.5 Å². The van der Waals surface area contributed by atoms with Crippen LogP contribution < -0.4 is 14.4 Å². The molecule has 2 atom stereocenters. The number of halogens is 1. The Hall–Kier alpha value is -3.24. The van der Waals surface area contributed by atoms with E-state index in [1.54, 1.807) is 23.0 Å². The van der Waals surface area contributed by atoms with Gasteiger partial charge in [0.25, 0.3) is 0 Å². The summed E-state index contributed by atoms with van der Waals surface area (Å²) >= 11 is 1.31. The van der Waals surface area contributed by atoms with E-state index < -0.39 is 0 Å². The zero-order valence-corrected chi connectivity index (χ0v) is 22.0. The van der Waals surface area contributed by atoms with Crippen LogP contribution in [-0.4, -0.2) is 67.8 Å². The van der Waals surface area contributed by atoms with Gasteiger partial charge in [-0.25, -0.2) is 9.37 Å². The Morgan fingerprint density at radius 1 is 1.21 bits per heavy atom. The highest BCUT2D eigenvalue weighted by atomic mass is 32.1. The molecule has 2 saturated heterocycles. The van der Waals surface area contributed by atoms with Crippen LogP contribution in [0.2, 0.25) is 0 Å². The lowest BCUT2D eigenvalue weighted by Gasteiger charge is -2.23. The highest BCUT2D eigenvalue weighted by Gasteiger charge is 2.35. The van der Waals surface area contributed by atoms with Gasteiger partial charge in [0.05, 0.1) is 30.5 Å². The topological polar surface area (TPSA) is 81.2 Å². The zero-order valence-electron chi connectivity index (χ0n) is 21.2. The number of fused-ring (bicyclic) bond motifs is 1. The first-order valence-corrected chi connectivity index (χ1v) is 13.8. The minimum Gasteiger partial charge on any atom is -0.493 e. The molecule has 2 aromatic carbocycles. The molecule has 200 valence electrons. The predicted octanol–water partition coefficient (Wildman–Crippen LogP) is 4.37. The van der Waals surface area contributed by atoms with Gasteiger partial charge in [-0.3, -0.25) is 14.5 Å². The quantitative estimate of drug-likeness (QED) is 0.402. The maximum atomic E-state index is 13.7. The maximum Gasteiger partial charge on any atom is 0.248 e.